The molecular formula is C13H11BrFNO. The van der Waals surface area contributed by atoms with Gasteiger partial charge in [-0.05, 0) is 42.5 Å². The Morgan fingerprint density at radius 3 is 2.53 bits per heavy atom. The van der Waals surface area contributed by atoms with Crippen molar-refractivity contribution in [2.24, 2.45) is 0 Å². The molecule has 0 spiro atoms. The molecule has 2 nitrogen and oxygen atoms in total. The molecule has 0 saturated carbocycles. The van der Waals surface area contributed by atoms with Gasteiger partial charge in [0.15, 0.2) is 0 Å². The van der Waals surface area contributed by atoms with Crippen LogP contribution in [-0.4, -0.2) is 0 Å². The van der Waals surface area contributed by atoms with Crippen LogP contribution in [0.25, 0.3) is 0 Å². The summed E-state index contributed by atoms with van der Waals surface area (Å²) in [7, 11) is 0. The summed E-state index contributed by atoms with van der Waals surface area (Å²) in [6.07, 6.45) is 0. The molecule has 17 heavy (non-hydrogen) atoms. The van der Waals surface area contributed by atoms with Gasteiger partial charge in [0, 0.05) is 15.7 Å². The van der Waals surface area contributed by atoms with Crippen molar-refractivity contribution in [1.29, 1.82) is 0 Å². The van der Waals surface area contributed by atoms with Crippen molar-refractivity contribution in [2.45, 2.75) is 6.61 Å². The topological polar surface area (TPSA) is 35.2 Å². The predicted molar refractivity (Wildman–Crippen MR) is 69.3 cm³/mol. The predicted octanol–water partition coefficient (Wildman–Crippen LogP) is 3.75. The van der Waals surface area contributed by atoms with Crippen LogP contribution in [0, 0.1) is 5.82 Å². The second kappa shape index (κ2) is 5.19. The van der Waals surface area contributed by atoms with Gasteiger partial charge in [-0.2, -0.15) is 0 Å². The van der Waals surface area contributed by atoms with Crippen LogP contribution in [0.1, 0.15) is 5.56 Å². The average Bonchev–Trinajstić information content (AvgIpc) is 2.32. The van der Waals surface area contributed by atoms with E-state index < -0.39 is 0 Å². The lowest BCUT2D eigenvalue weighted by Crippen LogP contribution is -1.97. The number of rotatable bonds is 3. The summed E-state index contributed by atoms with van der Waals surface area (Å²) in [6, 6.07) is 11.6. The second-order valence-electron chi connectivity index (χ2n) is 3.59. The number of hydrogen-bond acceptors (Lipinski definition) is 2. The maximum Gasteiger partial charge on any atom is 0.123 e. The van der Waals surface area contributed by atoms with Crippen LogP contribution >= 0.6 is 15.9 Å². The Labute approximate surface area is 107 Å². The highest BCUT2D eigenvalue weighted by atomic mass is 79.9. The van der Waals surface area contributed by atoms with Gasteiger partial charge in [0.05, 0.1) is 0 Å². The van der Waals surface area contributed by atoms with Crippen molar-refractivity contribution < 1.29 is 9.13 Å². The zero-order valence-electron chi connectivity index (χ0n) is 8.99. The molecule has 0 fully saturated rings. The molecule has 0 bridgehead atoms. The largest absolute Gasteiger partial charge is 0.489 e. The molecule has 2 N–H and O–H groups in total. The fraction of sp³-hybridized carbons (Fsp3) is 0.0769. The molecule has 0 saturated heterocycles. The molecule has 0 atom stereocenters. The summed E-state index contributed by atoms with van der Waals surface area (Å²) >= 11 is 3.35. The summed E-state index contributed by atoms with van der Waals surface area (Å²) in [5, 5.41) is 0. The van der Waals surface area contributed by atoms with Gasteiger partial charge < -0.3 is 10.5 Å². The summed E-state index contributed by atoms with van der Waals surface area (Å²) in [5.74, 6) is 0.430. The summed E-state index contributed by atoms with van der Waals surface area (Å²) in [4.78, 5) is 0. The van der Waals surface area contributed by atoms with Crippen LogP contribution in [0.2, 0.25) is 0 Å². The zero-order valence-corrected chi connectivity index (χ0v) is 10.6. The minimum absolute atomic E-state index is 0.274. The molecule has 0 aliphatic heterocycles. The lowest BCUT2D eigenvalue weighted by Gasteiger charge is -2.08. The number of hydrogen-bond donors (Lipinski definition) is 1. The number of benzene rings is 2. The third kappa shape index (κ3) is 3.20. The Morgan fingerprint density at radius 1 is 1.12 bits per heavy atom. The number of halogens is 2. The molecule has 2 rings (SSSR count). The number of nitrogens with two attached hydrogens (primary N) is 1. The first-order valence-electron chi connectivity index (χ1n) is 5.07. The molecule has 2 aromatic rings. The SMILES string of the molecule is Nc1ccc(OCc2cc(F)ccc2Br)cc1. The molecule has 0 aliphatic rings. The molecule has 0 amide bonds. The van der Waals surface area contributed by atoms with Gasteiger partial charge in [-0.3, -0.25) is 0 Å². The van der Waals surface area contributed by atoms with E-state index in [-0.39, 0.29) is 5.82 Å². The van der Waals surface area contributed by atoms with E-state index >= 15 is 0 Å². The average molecular weight is 296 g/mol. The van der Waals surface area contributed by atoms with Crippen molar-refractivity contribution in [3.63, 3.8) is 0 Å². The molecule has 2 aromatic carbocycles. The van der Waals surface area contributed by atoms with Crippen LogP contribution in [0.5, 0.6) is 5.75 Å². The third-order valence-corrected chi connectivity index (χ3v) is 3.06. The fourth-order valence-corrected chi connectivity index (χ4v) is 1.74. The van der Waals surface area contributed by atoms with Gasteiger partial charge in [-0.25, -0.2) is 4.39 Å². The fourth-order valence-electron chi connectivity index (χ4n) is 1.38. The summed E-state index contributed by atoms with van der Waals surface area (Å²) in [5.41, 5.74) is 7.02. The van der Waals surface area contributed by atoms with E-state index in [9.17, 15) is 4.39 Å². The van der Waals surface area contributed by atoms with Gasteiger partial charge in [-0.1, -0.05) is 15.9 Å². The maximum atomic E-state index is 13.0. The van der Waals surface area contributed by atoms with E-state index in [1.165, 1.54) is 12.1 Å². The first-order chi connectivity index (χ1) is 8.15. The van der Waals surface area contributed by atoms with E-state index in [0.29, 0.717) is 18.0 Å². The van der Waals surface area contributed by atoms with Crippen LogP contribution in [0.15, 0.2) is 46.9 Å². The van der Waals surface area contributed by atoms with Crippen LogP contribution in [0.3, 0.4) is 0 Å². The van der Waals surface area contributed by atoms with E-state index in [0.717, 1.165) is 10.0 Å². The van der Waals surface area contributed by atoms with Gasteiger partial charge in [0.25, 0.3) is 0 Å². The van der Waals surface area contributed by atoms with Gasteiger partial charge in [-0.15, -0.1) is 0 Å². The van der Waals surface area contributed by atoms with Crippen LogP contribution < -0.4 is 10.5 Å². The first kappa shape index (κ1) is 11.9. The molecule has 0 aliphatic carbocycles. The third-order valence-electron chi connectivity index (χ3n) is 2.28. The van der Waals surface area contributed by atoms with Crippen molar-refractivity contribution in [3.8, 4) is 5.75 Å². The van der Waals surface area contributed by atoms with Gasteiger partial charge in [0.1, 0.15) is 18.2 Å². The van der Waals surface area contributed by atoms with Crippen molar-refractivity contribution in [2.75, 3.05) is 5.73 Å². The van der Waals surface area contributed by atoms with Crippen molar-refractivity contribution in [3.05, 3.63) is 58.3 Å². The standard InChI is InChI=1S/C13H11BrFNO/c14-13-6-1-10(15)7-9(13)8-17-12-4-2-11(16)3-5-12/h1-7H,8,16H2. The highest BCUT2D eigenvalue weighted by Gasteiger charge is 2.03. The van der Waals surface area contributed by atoms with Crippen molar-refractivity contribution in [1.82, 2.24) is 0 Å². The number of nitrogen functional groups attached to an aromatic ring is 1. The van der Waals surface area contributed by atoms with E-state index in [4.69, 9.17) is 10.5 Å². The van der Waals surface area contributed by atoms with Gasteiger partial charge >= 0.3 is 0 Å². The first-order valence-corrected chi connectivity index (χ1v) is 5.87. The van der Waals surface area contributed by atoms with Crippen molar-refractivity contribution >= 4 is 21.6 Å². The normalized spacial score (nSPS) is 10.2. The maximum absolute atomic E-state index is 13.0. The Hall–Kier alpha value is -1.55. The minimum Gasteiger partial charge on any atom is -0.489 e. The lowest BCUT2D eigenvalue weighted by molar-refractivity contribution is 0.305. The quantitative estimate of drug-likeness (QED) is 0.875. The van der Waals surface area contributed by atoms with E-state index in [1.54, 1.807) is 30.3 Å². The molecule has 0 aromatic heterocycles. The summed E-state index contributed by atoms with van der Waals surface area (Å²) < 4.78 is 19.4. The zero-order chi connectivity index (χ0) is 12.3. The Kier molecular flexibility index (Phi) is 3.64. The molecule has 0 unspecified atom stereocenters. The monoisotopic (exact) mass is 295 g/mol. The minimum atomic E-state index is -0.274. The molecule has 88 valence electrons. The molecular weight excluding hydrogens is 285 g/mol. The smallest absolute Gasteiger partial charge is 0.123 e. The number of anilines is 1. The molecule has 0 radical (unpaired) electrons. The van der Waals surface area contributed by atoms with Gasteiger partial charge in [0.2, 0.25) is 0 Å². The highest BCUT2D eigenvalue weighted by Crippen LogP contribution is 2.20. The Morgan fingerprint density at radius 2 is 1.82 bits per heavy atom. The van der Waals surface area contributed by atoms with E-state index in [2.05, 4.69) is 15.9 Å². The molecule has 0 heterocycles. The van der Waals surface area contributed by atoms with E-state index in [1.807, 2.05) is 0 Å². The highest BCUT2D eigenvalue weighted by molar-refractivity contribution is 9.10. The molecule has 4 heteroatoms. The second-order valence-corrected chi connectivity index (χ2v) is 4.45. The number of ether oxygens (including phenoxy) is 1. The Balaban J connectivity index is 2.07. The van der Waals surface area contributed by atoms with Crippen LogP contribution in [0.4, 0.5) is 10.1 Å². The summed E-state index contributed by atoms with van der Waals surface area (Å²) in [6.45, 7) is 0.308. The lowest BCUT2D eigenvalue weighted by atomic mass is 10.2. The Bertz CT molecular complexity index is 513. The van der Waals surface area contributed by atoms with Crippen LogP contribution in [-0.2, 0) is 6.61 Å².